The third-order valence-electron chi connectivity index (χ3n) is 4.35. The standard InChI is InChI=1S/C20H23N5O4/c1-20(12-28-2,10-18(26)29-3)24-19(27)23-14-8-9-17(21-11-14)25-13-22-15-6-4-5-7-16(15)25/h4-9,11,13H,10,12H2,1-3H3,(H2,23,24,27). The van der Waals surface area contributed by atoms with Crippen molar-refractivity contribution in [1.82, 2.24) is 19.9 Å². The lowest BCUT2D eigenvalue weighted by Gasteiger charge is -2.29. The van der Waals surface area contributed by atoms with Crippen molar-refractivity contribution in [2.75, 3.05) is 26.1 Å². The maximum absolute atomic E-state index is 12.4. The molecule has 0 aliphatic carbocycles. The number of methoxy groups -OCH3 is 2. The highest BCUT2D eigenvalue weighted by Gasteiger charge is 2.30. The average molecular weight is 397 g/mol. The highest BCUT2D eigenvalue weighted by atomic mass is 16.5. The summed E-state index contributed by atoms with van der Waals surface area (Å²) in [6.07, 6.45) is 3.24. The quantitative estimate of drug-likeness (QED) is 0.593. The van der Waals surface area contributed by atoms with Crippen LogP contribution >= 0.6 is 0 Å². The number of amides is 2. The van der Waals surface area contributed by atoms with Crippen molar-refractivity contribution in [3.63, 3.8) is 0 Å². The summed E-state index contributed by atoms with van der Waals surface area (Å²) in [7, 11) is 2.80. The summed E-state index contributed by atoms with van der Waals surface area (Å²) < 4.78 is 11.7. The minimum Gasteiger partial charge on any atom is -0.469 e. The van der Waals surface area contributed by atoms with Gasteiger partial charge in [-0.25, -0.2) is 14.8 Å². The lowest BCUT2D eigenvalue weighted by molar-refractivity contribution is -0.142. The summed E-state index contributed by atoms with van der Waals surface area (Å²) in [6.45, 7) is 1.86. The van der Waals surface area contributed by atoms with Gasteiger partial charge in [0.1, 0.15) is 12.1 Å². The third-order valence-corrected chi connectivity index (χ3v) is 4.35. The van der Waals surface area contributed by atoms with Crippen LogP contribution in [0.25, 0.3) is 16.9 Å². The van der Waals surface area contributed by atoms with E-state index in [2.05, 4.69) is 25.3 Å². The number of carbonyl (C=O) groups is 2. The fourth-order valence-electron chi connectivity index (χ4n) is 3.02. The van der Waals surface area contributed by atoms with Crippen molar-refractivity contribution >= 4 is 28.7 Å². The molecule has 0 fully saturated rings. The van der Waals surface area contributed by atoms with Crippen LogP contribution in [-0.2, 0) is 14.3 Å². The number of para-hydroxylation sites is 2. The van der Waals surface area contributed by atoms with Gasteiger partial charge in [0, 0.05) is 7.11 Å². The van der Waals surface area contributed by atoms with Crippen LogP contribution in [0, 0.1) is 0 Å². The Morgan fingerprint density at radius 2 is 1.93 bits per heavy atom. The fraction of sp³-hybridized carbons (Fsp3) is 0.300. The second kappa shape index (κ2) is 8.70. The molecule has 2 heterocycles. The zero-order valence-corrected chi connectivity index (χ0v) is 16.5. The summed E-state index contributed by atoms with van der Waals surface area (Å²) in [6, 6.07) is 10.8. The number of benzene rings is 1. The van der Waals surface area contributed by atoms with Gasteiger partial charge in [0.25, 0.3) is 0 Å². The number of imidazole rings is 1. The number of rotatable bonds is 7. The van der Waals surface area contributed by atoms with E-state index in [1.54, 1.807) is 31.6 Å². The highest BCUT2D eigenvalue weighted by Crippen LogP contribution is 2.18. The molecular formula is C20H23N5O4. The molecule has 0 aliphatic rings. The maximum atomic E-state index is 12.4. The Kier molecular flexibility index (Phi) is 6.08. The molecule has 0 saturated heterocycles. The average Bonchev–Trinajstić information content (AvgIpc) is 3.12. The zero-order chi connectivity index (χ0) is 20.9. The number of carbonyl (C=O) groups excluding carboxylic acids is 2. The molecule has 0 saturated carbocycles. The van der Waals surface area contributed by atoms with Gasteiger partial charge in [-0.3, -0.25) is 9.36 Å². The molecule has 9 nitrogen and oxygen atoms in total. The Labute approximate surface area is 168 Å². The Balaban J connectivity index is 1.68. The van der Waals surface area contributed by atoms with Gasteiger partial charge in [0.15, 0.2) is 0 Å². The zero-order valence-electron chi connectivity index (χ0n) is 16.5. The third kappa shape index (κ3) is 4.88. The van der Waals surface area contributed by atoms with Crippen LogP contribution in [0.5, 0.6) is 0 Å². The number of nitrogens with one attached hydrogen (secondary N) is 2. The number of fused-ring (bicyclic) bond motifs is 1. The van der Waals surface area contributed by atoms with E-state index in [1.807, 2.05) is 28.8 Å². The van der Waals surface area contributed by atoms with Crippen molar-refractivity contribution in [3.05, 3.63) is 48.9 Å². The summed E-state index contributed by atoms with van der Waals surface area (Å²) in [4.78, 5) is 32.8. The van der Waals surface area contributed by atoms with E-state index in [-0.39, 0.29) is 13.0 Å². The summed E-state index contributed by atoms with van der Waals surface area (Å²) in [5, 5.41) is 5.47. The highest BCUT2D eigenvalue weighted by molar-refractivity contribution is 5.90. The molecule has 9 heteroatoms. The smallest absolute Gasteiger partial charge is 0.319 e. The van der Waals surface area contributed by atoms with Gasteiger partial charge >= 0.3 is 12.0 Å². The van der Waals surface area contributed by atoms with Gasteiger partial charge in [0.2, 0.25) is 0 Å². The predicted octanol–water partition coefficient (Wildman–Crippen LogP) is 2.51. The van der Waals surface area contributed by atoms with Crippen LogP contribution in [0.1, 0.15) is 13.3 Å². The number of pyridine rings is 1. The predicted molar refractivity (Wildman–Crippen MR) is 108 cm³/mol. The Morgan fingerprint density at radius 3 is 2.62 bits per heavy atom. The molecule has 2 amide bonds. The van der Waals surface area contributed by atoms with Gasteiger partial charge < -0.3 is 20.1 Å². The molecule has 0 bridgehead atoms. The molecule has 152 valence electrons. The Bertz CT molecular complexity index is 1000. The lowest BCUT2D eigenvalue weighted by Crippen LogP contribution is -2.52. The van der Waals surface area contributed by atoms with E-state index in [0.717, 1.165) is 11.0 Å². The van der Waals surface area contributed by atoms with Crippen molar-refractivity contribution in [2.45, 2.75) is 18.9 Å². The number of ether oxygens (including phenoxy) is 2. The van der Waals surface area contributed by atoms with E-state index in [1.165, 1.54) is 14.2 Å². The van der Waals surface area contributed by atoms with Crippen LogP contribution in [0.3, 0.4) is 0 Å². The van der Waals surface area contributed by atoms with Crippen LogP contribution in [0.4, 0.5) is 10.5 Å². The van der Waals surface area contributed by atoms with Gasteiger partial charge in [-0.1, -0.05) is 12.1 Å². The largest absolute Gasteiger partial charge is 0.469 e. The lowest BCUT2D eigenvalue weighted by atomic mass is 9.99. The second-order valence-electron chi connectivity index (χ2n) is 6.83. The molecule has 2 N–H and O–H groups in total. The minimum atomic E-state index is -0.908. The van der Waals surface area contributed by atoms with E-state index < -0.39 is 17.5 Å². The SMILES string of the molecule is COCC(C)(CC(=O)OC)NC(=O)Nc1ccc(-n2cnc3ccccc32)nc1. The Hall–Kier alpha value is -3.46. The van der Waals surface area contributed by atoms with Crippen LogP contribution in [-0.4, -0.2) is 52.9 Å². The number of urea groups is 1. The number of nitrogens with zero attached hydrogens (tertiary/aromatic N) is 3. The molecule has 3 aromatic rings. The van der Waals surface area contributed by atoms with Crippen molar-refractivity contribution in [1.29, 1.82) is 0 Å². The van der Waals surface area contributed by atoms with Crippen LogP contribution in [0.15, 0.2) is 48.9 Å². The first-order chi connectivity index (χ1) is 13.9. The molecule has 0 radical (unpaired) electrons. The normalized spacial score (nSPS) is 12.9. The maximum Gasteiger partial charge on any atom is 0.319 e. The van der Waals surface area contributed by atoms with Crippen molar-refractivity contribution in [2.24, 2.45) is 0 Å². The molecule has 1 atom stereocenters. The summed E-state index contributed by atoms with van der Waals surface area (Å²) in [5.74, 6) is 0.239. The van der Waals surface area contributed by atoms with Gasteiger partial charge in [0.05, 0.1) is 48.6 Å². The monoisotopic (exact) mass is 397 g/mol. The fourth-order valence-corrected chi connectivity index (χ4v) is 3.02. The second-order valence-corrected chi connectivity index (χ2v) is 6.83. The molecule has 0 aliphatic heterocycles. The molecule has 1 unspecified atom stereocenters. The number of anilines is 1. The minimum absolute atomic E-state index is 0.0182. The van der Waals surface area contributed by atoms with Crippen molar-refractivity contribution in [3.8, 4) is 5.82 Å². The molecule has 2 aromatic heterocycles. The molecule has 0 spiro atoms. The number of hydrogen-bond donors (Lipinski definition) is 2. The first-order valence-electron chi connectivity index (χ1n) is 8.97. The van der Waals surface area contributed by atoms with Gasteiger partial charge in [-0.15, -0.1) is 0 Å². The molecule has 29 heavy (non-hydrogen) atoms. The van der Waals surface area contributed by atoms with E-state index >= 15 is 0 Å². The van der Waals surface area contributed by atoms with Gasteiger partial charge in [-0.05, 0) is 31.2 Å². The molecule has 3 rings (SSSR count). The van der Waals surface area contributed by atoms with Crippen molar-refractivity contribution < 1.29 is 19.1 Å². The number of hydrogen-bond acceptors (Lipinski definition) is 6. The van der Waals surface area contributed by atoms with Crippen LogP contribution in [0.2, 0.25) is 0 Å². The first-order valence-corrected chi connectivity index (χ1v) is 8.97. The molecule has 1 aromatic carbocycles. The van der Waals surface area contributed by atoms with E-state index in [0.29, 0.717) is 11.5 Å². The van der Waals surface area contributed by atoms with E-state index in [4.69, 9.17) is 4.74 Å². The van der Waals surface area contributed by atoms with Gasteiger partial charge in [-0.2, -0.15) is 0 Å². The molecular weight excluding hydrogens is 374 g/mol. The first kappa shape index (κ1) is 20.3. The number of aromatic nitrogens is 3. The number of esters is 1. The van der Waals surface area contributed by atoms with E-state index in [9.17, 15) is 9.59 Å². The summed E-state index contributed by atoms with van der Waals surface area (Å²) in [5.41, 5.74) is 1.42. The summed E-state index contributed by atoms with van der Waals surface area (Å²) >= 11 is 0. The Morgan fingerprint density at radius 1 is 1.14 bits per heavy atom. The van der Waals surface area contributed by atoms with Crippen LogP contribution < -0.4 is 10.6 Å². The topological polar surface area (TPSA) is 107 Å².